The molecule has 118 valence electrons. The Kier molecular flexibility index (Phi) is 7.08. The Morgan fingerprint density at radius 2 is 1.90 bits per heavy atom. The lowest BCUT2D eigenvalue weighted by Gasteiger charge is -2.30. The van der Waals surface area contributed by atoms with Crippen LogP contribution in [0.4, 0.5) is 5.82 Å². The van der Waals surface area contributed by atoms with Crippen molar-refractivity contribution in [2.75, 3.05) is 25.0 Å². The van der Waals surface area contributed by atoms with Gasteiger partial charge in [-0.3, -0.25) is 14.7 Å². The summed E-state index contributed by atoms with van der Waals surface area (Å²) in [5.74, 6) is 0.436. The number of hydrogen-bond acceptors (Lipinski definition) is 5. The van der Waals surface area contributed by atoms with Crippen molar-refractivity contribution in [3.63, 3.8) is 0 Å². The molecule has 1 aromatic rings. The third-order valence-corrected chi connectivity index (χ3v) is 3.21. The summed E-state index contributed by atoms with van der Waals surface area (Å²) in [5, 5.41) is 5.94. The summed E-state index contributed by atoms with van der Waals surface area (Å²) in [6.45, 7) is 12.8. The van der Waals surface area contributed by atoms with Crippen LogP contribution < -0.4 is 10.6 Å². The number of amides is 1. The topological polar surface area (TPSA) is 70.2 Å². The molecule has 0 spiro atoms. The minimum atomic E-state index is -0.185. The van der Waals surface area contributed by atoms with Crippen LogP contribution in [0.5, 0.6) is 0 Å². The maximum absolute atomic E-state index is 12.1. The second-order valence-corrected chi connectivity index (χ2v) is 5.50. The number of nitrogens with zero attached hydrogens (tertiary/aromatic N) is 3. The summed E-state index contributed by atoms with van der Waals surface area (Å²) < 4.78 is 0. The lowest BCUT2D eigenvalue weighted by atomic mass is 10.2. The van der Waals surface area contributed by atoms with E-state index in [2.05, 4.69) is 53.2 Å². The number of nitrogens with one attached hydrogen (secondary N) is 2. The Bertz CT molecular complexity index is 439. The van der Waals surface area contributed by atoms with Crippen LogP contribution in [-0.4, -0.2) is 52.5 Å². The molecular formula is C15H27N5O. The Morgan fingerprint density at radius 1 is 1.24 bits per heavy atom. The molecule has 0 bridgehead atoms. The van der Waals surface area contributed by atoms with Gasteiger partial charge in [-0.2, -0.15) is 0 Å². The Balaban J connectivity index is 2.52. The second kappa shape index (κ2) is 8.56. The van der Waals surface area contributed by atoms with Crippen LogP contribution in [0.3, 0.4) is 0 Å². The zero-order valence-electron chi connectivity index (χ0n) is 13.7. The number of aromatic nitrogens is 2. The fourth-order valence-electron chi connectivity index (χ4n) is 2.24. The van der Waals surface area contributed by atoms with E-state index in [1.54, 1.807) is 6.20 Å². The van der Waals surface area contributed by atoms with Gasteiger partial charge in [0.15, 0.2) is 0 Å². The summed E-state index contributed by atoms with van der Waals surface area (Å²) in [4.78, 5) is 22.7. The van der Waals surface area contributed by atoms with Crippen molar-refractivity contribution in [3.8, 4) is 0 Å². The molecule has 6 nitrogen and oxygen atoms in total. The molecule has 0 saturated carbocycles. The molecule has 0 atom stereocenters. The van der Waals surface area contributed by atoms with Gasteiger partial charge in [0.25, 0.3) is 5.91 Å². The van der Waals surface area contributed by atoms with Crippen LogP contribution in [0.15, 0.2) is 12.4 Å². The normalized spacial score (nSPS) is 11.2. The fourth-order valence-corrected chi connectivity index (χ4v) is 2.24. The number of hydrogen-bond donors (Lipinski definition) is 2. The number of carbonyl (C=O) groups is 1. The van der Waals surface area contributed by atoms with Gasteiger partial charge in [-0.15, -0.1) is 0 Å². The lowest BCUT2D eigenvalue weighted by molar-refractivity contribution is 0.0934. The maximum atomic E-state index is 12.1. The molecule has 1 rings (SSSR count). The molecule has 6 heteroatoms. The van der Waals surface area contributed by atoms with Crippen LogP contribution in [0.1, 0.15) is 45.1 Å². The molecule has 2 N–H and O–H groups in total. The molecule has 1 amide bonds. The molecule has 0 aromatic carbocycles. The monoisotopic (exact) mass is 293 g/mol. The lowest BCUT2D eigenvalue weighted by Crippen LogP contribution is -2.42. The van der Waals surface area contributed by atoms with Crippen molar-refractivity contribution in [3.05, 3.63) is 18.1 Å². The number of carbonyl (C=O) groups excluding carboxylic acids is 1. The largest absolute Gasteiger partial charge is 0.369 e. The van der Waals surface area contributed by atoms with Gasteiger partial charge < -0.3 is 10.6 Å². The summed E-state index contributed by atoms with van der Waals surface area (Å²) in [6, 6.07) is 0.914. The Hall–Kier alpha value is -1.69. The van der Waals surface area contributed by atoms with Crippen molar-refractivity contribution in [1.82, 2.24) is 20.2 Å². The smallest absolute Gasteiger partial charge is 0.271 e. The standard InChI is InChI=1S/C15H27N5O/c1-6-17-14-10-16-9-13(19-14)15(21)18-7-8-20(11(2)3)12(4)5/h9-12H,6-8H2,1-5H3,(H,17,19)(H,18,21). The van der Waals surface area contributed by atoms with Gasteiger partial charge in [0.1, 0.15) is 11.5 Å². The predicted octanol–water partition coefficient (Wildman–Crippen LogP) is 1.76. The van der Waals surface area contributed by atoms with Crippen molar-refractivity contribution in [1.29, 1.82) is 0 Å². The van der Waals surface area contributed by atoms with Crippen molar-refractivity contribution in [2.45, 2.75) is 46.7 Å². The van der Waals surface area contributed by atoms with Crippen molar-refractivity contribution in [2.24, 2.45) is 0 Å². The van der Waals surface area contributed by atoms with E-state index < -0.39 is 0 Å². The third-order valence-electron chi connectivity index (χ3n) is 3.21. The molecular weight excluding hydrogens is 266 g/mol. The van der Waals surface area contributed by atoms with Gasteiger partial charge in [0.05, 0.1) is 12.4 Å². The summed E-state index contributed by atoms with van der Waals surface area (Å²) >= 11 is 0. The average Bonchev–Trinajstić information content (AvgIpc) is 2.43. The highest BCUT2D eigenvalue weighted by atomic mass is 16.1. The highest BCUT2D eigenvalue weighted by molar-refractivity contribution is 5.92. The van der Waals surface area contributed by atoms with Gasteiger partial charge in [0, 0.05) is 31.7 Å². The highest BCUT2D eigenvalue weighted by Gasteiger charge is 2.14. The summed E-state index contributed by atoms with van der Waals surface area (Å²) in [5.41, 5.74) is 0.342. The number of anilines is 1. The molecule has 0 aliphatic heterocycles. The predicted molar refractivity (Wildman–Crippen MR) is 85.5 cm³/mol. The fraction of sp³-hybridized carbons (Fsp3) is 0.667. The zero-order valence-corrected chi connectivity index (χ0v) is 13.7. The Morgan fingerprint density at radius 3 is 2.48 bits per heavy atom. The summed E-state index contributed by atoms with van der Waals surface area (Å²) in [6.07, 6.45) is 3.10. The van der Waals surface area contributed by atoms with Crippen molar-refractivity contribution >= 4 is 11.7 Å². The van der Waals surface area contributed by atoms with E-state index in [0.29, 0.717) is 30.1 Å². The van der Waals surface area contributed by atoms with Crippen molar-refractivity contribution < 1.29 is 4.79 Å². The van der Waals surface area contributed by atoms with Crippen LogP contribution >= 0.6 is 0 Å². The molecule has 1 heterocycles. The first-order valence-electron chi connectivity index (χ1n) is 7.55. The SMILES string of the molecule is CCNc1cncc(C(=O)NCCN(C(C)C)C(C)C)n1. The van der Waals surface area contributed by atoms with Gasteiger partial charge in [-0.1, -0.05) is 0 Å². The minimum Gasteiger partial charge on any atom is -0.369 e. The van der Waals surface area contributed by atoms with E-state index in [0.717, 1.165) is 13.1 Å². The van der Waals surface area contributed by atoms with Gasteiger partial charge in [-0.25, -0.2) is 4.98 Å². The quantitative estimate of drug-likeness (QED) is 0.764. The molecule has 0 saturated heterocycles. The van der Waals surface area contributed by atoms with E-state index in [-0.39, 0.29) is 5.91 Å². The first-order valence-corrected chi connectivity index (χ1v) is 7.55. The summed E-state index contributed by atoms with van der Waals surface area (Å²) in [7, 11) is 0. The minimum absolute atomic E-state index is 0.185. The number of rotatable bonds is 8. The van der Waals surface area contributed by atoms with E-state index in [9.17, 15) is 4.79 Å². The zero-order chi connectivity index (χ0) is 15.8. The van der Waals surface area contributed by atoms with E-state index in [1.807, 2.05) is 6.92 Å². The van der Waals surface area contributed by atoms with Crippen LogP contribution in [0.2, 0.25) is 0 Å². The molecule has 0 fully saturated rings. The molecule has 0 aliphatic carbocycles. The van der Waals surface area contributed by atoms with E-state index in [4.69, 9.17) is 0 Å². The highest BCUT2D eigenvalue weighted by Crippen LogP contribution is 2.04. The second-order valence-electron chi connectivity index (χ2n) is 5.50. The molecule has 0 radical (unpaired) electrons. The molecule has 0 unspecified atom stereocenters. The third kappa shape index (κ3) is 5.67. The Labute approximate surface area is 127 Å². The average molecular weight is 293 g/mol. The molecule has 21 heavy (non-hydrogen) atoms. The first-order chi connectivity index (χ1) is 9.95. The van der Waals surface area contributed by atoms with Gasteiger partial charge >= 0.3 is 0 Å². The maximum Gasteiger partial charge on any atom is 0.271 e. The van der Waals surface area contributed by atoms with E-state index >= 15 is 0 Å². The molecule has 0 aliphatic rings. The van der Waals surface area contributed by atoms with Crippen LogP contribution in [0, 0.1) is 0 Å². The van der Waals surface area contributed by atoms with Crippen LogP contribution in [-0.2, 0) is 0 Å². The van der Waals surface area contributed by atoms with E-state index in [1.165, 1.54) is 6.20 Å². The van der Waals surface area contributed by atoms with Gasteiger partial charge in [0.2, 0.25) is 0 Å². The van der Waals surface area contributed by atoms with Crippen LogP contribution in [0.25, 0.3) is 0 Å². The van der Waals surface area contributed by atoms with Gasteiger partial charge in [-0.05, 0) is 34.6 Å². The first kappa shape index (κ1) is 17.4. The molecule has 1 aromatic heterocycles.